The summed E-state index contributed by atoms with van der Waals surface area (Å²) in [7, 11) is 1.82. The van der Waals surface area contributed by atoms with Crippen LogP contribution in [-0.4, -0.2) is 13.3 Å². The number of nitrogens with zero attached hydrogens (tertiary/aromatic N) is 1. The maximum absolute atomic E-state index is 13.4. The standard InChI is InChI=1S/C20H15FN2O.C8H8OS/c1-23-17-9-10-19(15-7-5-14(13-22)6-8-15)20(12-17)24-18-4-2-3-16(21)11-18;9-6-5-7-1-3-8(10)4-2-7/h2-12,23H,1H3;1-4,6,10H,5H2. The van der Waals surface area contributed by atoms with E-state index in [0.717, 1.165) is 33.6 Å². The molecule has 1 N–H and O–H groups in total. The minimum Gasteiger partial charge on any atom is -0.457 e. The van der Waals surface area contributed by atoms with Gasteiger partial charge < -0.3 is 14.8 Å². The van der Waals surface area contributed by atoms with Crippen LogP contribution < -0.4 is 10.1 Å². The fraction of sp³-hybridized carbons (Fsp3) is 0.0714. The Labute approximate surface area is 204 Å². The number of hydrogen-bond acceptors (Lipinski definition) is 5. The van der Waals surface area contributed by atoms with Gasteiger partial charge in [-0.3, -0.25) is 0 Å². The van der Waals surface area contributed by atoms with Crippen molar-refractivity contribution in [1.82, 2.24) is 0 Å². The molecule has 0 amide bonds. The van der Waals surface area contributed by atoms with Gasteiger partial charge in [-0.25, -0.2) is 4.39 Å². The minimum atomic E-state index is -0.350. The van der Waals surface area contributed by atoms with Crippen LogP contribution in [-0.2, 0) is 11.2 Å². The van der Waals surface area contributed by atoms with Crippen molar-refractivity contribution in [1.29, 1.82) is 5.26 Å². The van der Waals surface area contributed by atoms with E-state index in [1.165, 1.54) is 12.1 Å². The molecule has 0 saturated carbocycles. The van der Waals surface area contributed by atoms with E-state index >= 15 is 0 Å². The highest BCUT2D eigenvalue weighted by atomic mass is 32.1. The molecule has 0 fully saturated rings. The van der Waals surface area contributed by atoms with E-state index in [1.807, 2.05) is 61.6 Å². The average Bonchev–Trinajstić information content (AvgIpc) is 2.86. The van der Waals surface area contributed by atoms with E-state index < -0.39 is 0 Å². The van der Waals surface area contributed by atoms with Gasteiger partial charge in [-0.05, 0) is 59.7 Å². The molecule has 0 bridgehead atoms. The molecule has 0 aliphatic heterocycles. The largest absolute Gasteiger partial charge is 0.457 e. The summed E-state index contributed by atoms with van der Waals surface area (Å²) in [6, 6.07) is 28.7. The summed E-state index contributed by atoms with van der Waals surface area (Å²) in [6.07, 6.45) is 1.39. The van der Waals surface area contributed by atoms with Crippen molar-refractivity contribution < 1.29 is 13.9 Å². The van der Waals surface area contributed by atoms with Crippen LogP contribution in [0.4, 0.5) is 10.1 Å². The zero-order valence-electron chi connectivity index (χ0n) is 18.5. The smallest absolute Gasteiger partial charge is 0.137 e. The number of halogens is 1. The Morgan fingerprint density at radius 1 is 1.00 bits per heavy atom. The Hall–Kier alpha value is -4.08. The Balaban J connectivity index is 0.000000271. The van der Waals surface area contributed by atoms with Crippen LogP contribution >= 0.6 is 12.6 Å². The Bertz CT molecular complexity index is 1280. The number of thiol groups is 1. The first-order valence-electron chi connectivity index (χ1n) is 10.5. The quantitative estimate of drug-likeness (QED) is 0.237. The van der Waals surface area contributed by atoms with E-state index in [0.29, 0.717) is 23.5 Å². The SMILES string of the molecule is CNc1ccc(-c2ccc(C#N)cc2)c(Oc2cccc(F)c2)c1.O=CCc1ccc(S)cc1. The van der Waals surface area contributed by atoms with Gasteiger partial charge in [0.05, 0.1) is 11.6 Å². The van der Waals surface area contributed by atoms with Crippen LogP contribution in [0.15, 0.2) is 95.9 Å². The number of carbonyl (C=O) groups is 1. The maximum atomic E-state index is 13.4. The Morgan fingerprint density at radius 3 is 2.35 bits per heavy atom. The van der Waals surface area contributed by atoms with Crippen LogP contribution in [0.25, 0.3) is 11.1 Å². The van der Waals surface area contributed by atoms with E-state index in [1.54, 1.807) is 24.3 Å². The molecule has 4 aromatic carbocycles. The molecule has 0 aromatic heterocycles. The number of benzene rings is 4. The topological polar surface area (TPSA) is 62.1 Å². The number of anilines is 1. The number of ether oxygens (including phenoxy) is 1. The second kappa shape index (κ2) is 12.2. The van der Waals surface area contributed by atoms with Crippen molar-refractivity contribution in [2.24, 2.45) is 0 Å². The first-order valence-corrected chi connectivity index (χ1v) is 10.9. The monoisotopic (exact) mass is 470 g/mol. The number of carbonyl (C=O) groups excluding carboxylic acids is 1. The molecule has 0 atom stereocenters. The lowest BCUT2D eigenvalue weighted by atomic mass is 10.0. The molecule has 4 nitrogen and oxygen atoms in total. The molecule has 0 heterocycles. The lowest BCUT2D eigenvalue weighted by Gasteiger charge is -2.13. The van der Waals surface area contributed by atoms with Crippen molar-refractivity contribution in [2.75, 3.05) is 12.4 Å². The molecule has 0 saturated heterocycles. The maximum Gasteiger partial charge on any atom is 0.137 e. The van der Waals surface area contributed by atoms with Crippen molar-refractivity contribution in [3.8, 4) is 28.7 Å². The van der Waals surface area contributed by atoms with Gasteiger partial charge in [0, 0.05) is 41.7 Å². The lowest BCUT2D eigenvalue weighted by molar-refractivity contribution is -0.107. The summed E-state index contributed by atoms with van der Waals surface area (Å²) >= 11 is 4.11. The van der Waals surface area contributed by atoms with Crippen LogP contribution in [0, 0.1) is 17.1 Å². The average molecular weight is 471 g/mol. The molecule has 0 radical (unpaired) electrons. The van der Waals surface area contributed by atoms with Crippen LogP contribution in [0.2, 0.25) is 0 Å². The highest BCUT2D eigenvalue weighted by Gasteiger charge is 2.10. The summed E-state index contributed by atoms with van der Waals surface area (Å²) in [5, 5.41) is 12.0. The summed E-state index contributed by atoms with van der Waals surface area (Å²) in [5.74, 6) is 0.687. The number of aldehydes is 1. The second-order valence-electron chi connectivity index (χ2n) is 7.25. The number of hydrogen-bond donors (Lipinski definition) is 2. The van der Waals surface area contributed by atoms with Crippen LogP contribution in [0.3, 0.4) is 0 Å². The molecule has 6 heteroatoms. The summed E-state index contributed by atoms with van der Waals surface area (Å²) < 4.78 is 19.3. The summed E-state index contributed by atoms with van der Waals surface area (Å²) in [4.78, 5) is 11.0. The van der Waals surface area contributed by atoms with Crippen molar-refractivity contribution in [3.63, 3.8) is 0 Å². The minimum absolute atomic E-state index is 0.350. The summed E-state index contributed by atoms with van der Waals surface area (Å²) in [5.41, 5.74) is 4.30. The van der Waals surface area contributed by atoms with Gasteiger partial charge >= 0.3 is 0 Å². The van der Waals surface area contributed by atoms with Gasteiger partial charge in [0.1, 0.15) is 23.6 Å². The predicted molar refractivity (Wildman–Crippen MR) is 136 cm³/mol. The second-order valence-corrected chi connectivity index (χ2v) is 7.76. The Morgan fingerprint density at radius 2 is 1.74 bits per heavy atom. The Kier molecular flexibility index (Phi) is 8.84. The van der Waals surface area contributed by atoms with Crippen molar-refractivity contribution >= 4 is 24.6 Å². The molecule has 0 aliphatic carbocycles. The fourth-order valence-corrected chi connectivity index (χ4v) is 3.26. The summed E-state index contributed by atoms with van der Waals surface area (Å²) in [6.45, 7) is 0. The predicted octanol–water partition coefficient (Wildman–Crippen LogP) is 6.92. The van der Waals surface area contributed by atoms with E-state index in [2.05, 4.69) is 24.0 Å². The van der Waals surface area contributed by atoms with Gasteiger partial charge in [0.2, 0.25) is 0 Å². The first-order chi connectivity index (χ1) is 16.5. The molecule has 170 valence electrons. The van der Waals surface area contributed by atoms with Crippen LogP contribution in [0.5, 0.6) is 11.5 Å². The van der Waals surface area contributed by atoms with Crippen molar-refractivity contribution in [3.05, 3.63) is 108 Å². The number of nitriles is 1. The lowest BCUT2D eigenvalue weighted by Crippen LogP contribution is -1.93. The molecule has 34 heavy (non-hydrogen) atoms. The molecule has 0 spiro atoms. The third kappa shape index (κ3) is 6.96. The molecular weight excluding hydrogens is 447 g/mol. The molecule has 4 rings (SSSR count). The zero-order chi connectivity index (χ0) is 24.3. The van der Waals surface area contributed by atoms with Gasteiger partial charge in [-0.2, -0.15) is 5.26 Å². The molecule has 4 aromatic rings. The highest BCUT2D eigenvalue weighted by molar-refractivity contribution is 7.80. The zero-order valence-corrected chi connectivity index (χ0v) is 19.4. The molecular formula is C28H23FN2O2S. The van der Waals surface area contributed by atoms with Gasteiger partial charge in [-0.15, -0.1) is 12.6 Å². The fourth-order valence-electron chi connectivity index (χ4n) is 3.11. The third-order valence-electron chi connectivity index (χ3n) is 4.87. The van der Waals surface area contributed by atoms with E-state index in [9.17, 15) is 9.18 Å². The van der Waals surface area contributed by atoms with E-state index in [4.69, 9.17) is 10.00 Å². The van der Waals surface area contributed by atoms with Crippen LogP contribution in [0.1, 0.15) is 11.1 Å². The molecule has 0 unspecified atom stereocenters. The number of nitrogens with one attached hydrogen (secondary N) is 1. The third-order valence-corrected chi connectivity index (χ3v) is 5.17. The van der Waals surface area contributed by atoms with Gasteiger partial charge in [-0.1, -0.05) is 30.3 Å². The van der Waals surface area contributed by atoms with Gasteiger partial charge in [0.25, 0.3) is 0 Å². The highest BCUT2D eigenvalue weighted by Crippen LogP contribution is 2.35. The molecule has 0 aliphatic rings. The van der Waals surface area contributed by atoms with Gasteiger partial charge in [0.15, 0.2) is 0 Å². The number of rotatable bonds is 6. The van der Waals surface area contributed by atoms with Crippen molar-refractivity contribution in [2.45, 2.75) is 11.3 Å². The normalized spacial score (nSPS) is 9.82. The van der Waals surface area contributed by atoms with E-state index in [-0.39, 0.29) is 5.82 Å². The first kappa shape index (κ1) is 24.6.